The number of thioether (sulfide) groups is 1. The van der Waals surface area contributed by atoms with Crippen LogP contribution in [0.3, 0.4) is 0 Å². The van der Waals surface area contributed by atoms with Gasteiger partial charge in [0.25, 0.3) is 0 Å². The summed E-state index contributed by atoms with van der Waals surface area (Å²) in [7, 11) is 0. The Kier molecular flexibility index (Phi) is 3.56. The molecule has 0 amide bonds. The highest BCUT2D eigenvalue weighted by Crippen LogP contribution is 2.28. The van der Waals surface area contributed by atoms with E-state index in [1.807, 2.05) is 13.8 Å². The van der Waals surface area contributed by atoms with Gasteiger partial charge in [0, 0.05) is 5.75 Å². The zero-order valence-electron chi connectivity index (χ0n) is 10.1. The summed E-state index contributed by atoms with van der Waals surface area (Å²) in [6.07, 6.45) is 0.920. The molecule has 0 spiro atoms. The summed E-state index contributed by atoms with van der Waals surface area (Å²) >= 11 is 1.44. The molecule has 0 unspecified atom stereocenters. The van der Waals surface area contributed by atoms with Crippen LogP contribution in [0, 0.1) is 17.5 Å². The summed E-state index contributed by atoms with van der Waals surface area (Å²) in [5.74, 6) is -3.04. The highest BCUT2D eigenvalue weighted by atomic mass is 32.2. The topological polar surface area (TPSA) is 24.4 Å². The van der Waals surface area contributed by atoms with E-state index in [9.17, 15) is 13.2 Å². The third kappa shape index (κ3) is 2.80. The number of benzene rings is 1. The monoisotopic (exact) mass is 274 g/mol. The minimum absolute atomic E-state index is 0.0992. The highest BCUT2D eigenvalue weighted by Gasteiger charge is 2.23. The summed E-state index contributed by atoms with van der Waals surface area (Å²) in [6, 6.07) is 2.05. The molecule has 0 atom stereocenters. The van der Waals surface area contributed by atoms with E-state index >= 15 is 0 Å². The first-order valence-corrected chi connectivity index (χ1v) is 6.51. The number of rotatable bonds is 1. The van der Waals surface area contributed by atoms with Gasteiger partial charge >= 0.3 is 0 Å². The lowest BCUT2D eigenvalue weighted by atomic mass is 10.0. The molecule has 1 aromatic rings. The molecule has 18 heavy (non-hydrogen) atoms. The molecule has 98 valence electrons. The molecule has 1 heterocycles. The molecule has 0 radical (unpaired) electrons. The number of aliphatic imine (C=N–C) groups is 1. The quantitative estimate of drug-likeness (QED) is 0.788. The molecule has 2 rings (SSSR count). The van der Waals surface area contributed by atoms with Crippen LogP contribution in [-0.4, -0.2) is 16.5 Å². The Bertz CT molecular complexity index is 500. The SMILES string of the molecule is CC1(C)CCSC(Nc2ccc(F)c(F)c2F)=N1. The van der Waals surface area contributed by atoms with Crippen LogP contribution < -0.4 is 5.32 Å². The van der Waals surface area contributed by atoms with E-state index in [0.29, 0.717) is 5.17 Å². The molecule has 1 aliphatic rings. The average molecular weight is 274 g/mol. The van der Waals surface area contributed by atoms with Crippen LogP contribution in [0.15, 0.2) is 17.1 Å². The predicted octanol–water partition coefficient (Wildman–Crippen LogP) is 3.79. The molecule has 6 heteroatoms. The number of amidine groups is 1. The van der Waals surface area contributed by atoms with Crippen molar-refractivity contribution in [1.82, 2.24) is 0 Å². The average Bonchev–Trinajstić information content (AvgIpc) is 2.29. The molecule has 0 fully saturated rings. The minimum atomic E-state index is -1.47. The van der Waals surface area contributed by atoms with Gasteiger partial charge in [-0.3, -0.25) is 4.99 Å². The van der Waals surface area contributed by atoms with Crippen molar-refractivity contribution in [3.63, 3.8) is 0 Å². The lowest BCUT2D eigenvalue weighted by molar-refractivity contribution is 0.449. The molecule has 1 aromatic carbocycles. The first kappa shape index (κ1) is 13.3. The minimum Gasteiger partial charge on any atom is -0.332 e. The number of hydrogen-bond acceptors (Lipinski definition) is 3. The van der Waals surface area contributed by atoms with Gasteiger partial charge in [0.05, 0.1) is 11.2 Å². The second-order valence-electron chi connectivity index (χ2n) is 4.68. The Morgan fingerprint density at radius 1 is 1.22 bits per heavy atom. The van der Waals surface area contributed by atoms with Gasteiger partial charge in [-0.05, 0) is 32.4 Å². The van der Waals surface area contributed by atoms with Crippen LogP contribution in [0.1, 0.15) is 20.3 Å². The number of hydrogen-bond donors (Lipinski definition) is 1. The summed E-state index contributed by atoms with van der Waals surface area (Å²) < 4.78 is 39.3. The van der Waals surface area contributed by atoms with Crippen LogP contribution in [-0.2, 0) is 0 Å². The van der Waals surface area contributed by atoms with Crippen molar-refractivity contribution in [2.75, 3.05) is 11.1 Å². The van der Waals surface area contributed by atoms with Crippen molar-refractivity contribution in [3.05, 3.63) is 29.6 Å². The smallest absolute Gasteiger partial charge is 0.196 e. The van der Waals surface area contributed by atoms with Crippen LogP contribution in [0.2, 0.25) is 0 Å². The zero-order chi connectivity index (χ0) is 13.3. The van der Waals surface area contributed by atoms with Gasteiger partial charge in [-0.15, -0.1) is 0 Å². The van der Waals surface area contributed by atoms with E-state index in [1.54, 1.807) is 0 Å². The van der Waals surface area contributed by atoms with Gasteiger partial charge < -0.3 is 5.32 Å². The fourth-order valence-corrected chi connectivity index (χ4v) is 2.85. The third-order valence-corrected chi connectivity index (χ3v) is 3.51. The summed E-state index contributed by atoms with van der Waals surface area (Å²) in [5.41, 5.74) is -0.319. The maximum Gasteiger partial charge on any atom is 0.196 e. The Morgan fingerprint density at radius 3 is 2.61 bits per heavy atom. The molecular weight excluding hydrogens is 261 g/mol. The zero-order valence-corrected chi connectivity index (χ0v) is 10.9. The number of halogens is 3. The van der Waals surface area contributed by atoms with E-state index in [1.165, 1.54) is 17.8 Å². The molecule has 1 N–H and O–H groups in total. The first-order chi connectivity index (χ1) is 8.39. The molecular formula is C12H13F3N2S. The van der Waals surface area contributed by atoms with Gasteiger partial charge in [0.2, 0.25) is 0 Å². The molecule has 2 nitrogen and oxygen atoms in total. The molecule has 0 saturated heterocycles. The Hall–Kier alpha value is -1.17. The second kappa shape index (κ2) is 4.84. The predicted molar refractivity (Wildman–Crippen MR) is 68.5 cm³/mol. The number of nitrogens with one attached hydrogen (secondary N) is 1. The van der Waals surface area contributed by atoms with Crippen molar-refractivity contribution >= 4 is 22.6 Å². The van der Waals surface area contributed by atoms with E-state index < -0.39 is 17.5 Å². The van der Waals surface area contributed by atoms with Crippen molar-refractivity contribution in [2.24, 2.45) is 4.99 Å². The third-order valence-electron chi connectivity index (χ3n) is 2.63. The molecule has 0 bridgehead atoms. The van der Waals surface area contributed by atoms with Crippen molar-refractivity contribution in [1.29, 1.82) is 0 Å². The largest absolute Gasteiger partial charge is 0.332 e. The van der Waals surface area contributed by atoms with Crippen LogP contribution in [0.4, 0.5) is 18.9 Å². The van der Waals surface area contributed by atoms with Gasteiger partial charge in [-0.1, -0.05) is 11.8 Å². The van der Waals surface area contributed by atoms with Gasteiger partial charge in [0.1, 0.15) is 0 Å². The van der Waals surface area contributed by atoms with Crippen LogP contribution in [0.25, 0.3) is 0 Å². The first-order valence-electron chi connectivity index (χ1n) is 5.52. The second-order valence-corrected chi connectivity index (χ2v) is 5.76. The highest BCUT2D eigenvalue weighted by molar-refractivity contribution is 8.14. The fourth-order valence-electron chi connectivity index (χ4n) is 1.56. The standard InChI is InChI=1S/C12H13F3N2S/c1-12(2)5-6-18-11(17-12)16-8-4-3-7(13)9(14)10(8)15/h3-4H,5-6H2,1-2H3,(H,16,17). The van der Waals surface area contributed by atoms with Gasteiger partial charge in [-0.25, -0.2) is 13.2 Å². The Balaban J connectivity index is 2.25. The molecule has 0 saturated carbocycles. The van der Waals surface area contributed by atoms with Crippen molar-refractivity contribution in [3.8, 4) is 0 Å². The maximum absolute atomic E-state index is 13.5. The summed E-state index contributed by atoms with van der Waals surface area (Å²) in [5, 5.41) is 3.23. The van der Waals surface area contributed by atoms with Crippen molar-refractivity contribution in [2.45, 2.75) is 25.8 Å². The van der Waals surface area contributed by atoms with E-state index in [-0.39, 0.29) is 11.2 Å². The van der Waals surface area contributed by atoms with Gasteiger partial charge in [0.15, 0.2) is 22.6 Å². The normalized spacial score (nSPS) is 18.4. The molecule has 0 aromatic heterocycles. The lowest BCUT2D eigenvalue weighted by Crippen LogP contribution is -2.27. The number of anilines is 1. The maximum atomic E-state index is 13.5. The molecule has 1 aliphatic heterocycles. The van der Waals surface area contributed by atoms with Crippen molar-refractivity contribution < 1.29 is 13.2 Å². The summed E-state index contributed by atoms with van der Waals surface area (Å²) in [6.45, 7) is 3.94. The summed E-state index contributed by atoms with van der Waals surface area (Å²) in [4.78, 5) is 4.39. The number of nitrogens with zero attached hydrogens (tertiary/aromatic N) is 1. The van der Waals surface area contributed by atoms with E-state index in [0.717, 1.165) is 18.2 Å². The lowest BCUT2D eigenvalue weighted by Gasteiger charge is -2.26. The van der Waals surface area contributed by atoms with Gasteiger partial charge in [-0.2, -0.15) is 0 Å². The van der Waals surface area contributed by atoms with Crippen LogP contribution in [0.5, 0.6) is 0 Å². The molecule has 0 aliphatic carbocycles. The van der Waals surface area contributed by atoms with E-state index in [2.05, 4.69) is 10.3 Å². The van der Waals surface area contributed by atoms with E-state index in [4.69, 9.17) is 0 Å². The fraction of sp³-hybridized carbons (Fsp3) is 0.417. The van der Waals surface area contributed by atoms with Crippen LogP contribution >= 0.6 is 11.8 Å². The Labute approximate surface area is 108 Å². The Morgan fingerprint density at radius 2 is 1.94 bits per heavy atom.